The highest BCUT2D eigenvalue weighted by Crippen LogP contribution is 2.41. The Balaban J connectivity index is 1.83. The molecular weight excluding hydrogens is 314 g/mol. The second-order valence-corrected chi connectivity index (χ2v) is 5.84. The molecule has 3 rings (SSSR count). The lowest BCUT2D eigenvalue weighted by atomic mass is 9.86. The highest BCUT2D eigenvalue weighted by Gasteiger charge is 2.53. The number of fused-ring (bicyclic) bond motifs is 1. The fourth-order valence-electron chi connectivity index (χ4n) is 3.16. The average molecular weight is 331 g/mol. The molecule has 0 radical (unpaired) electrons. The van der Waals surface area contributed by atoms with E-state index < -0.39 is 29.2 Å². The molecule has 1 aromatic rings. The minimum Gasteiger partial charge on any atom is -0.465 e. The molecule has 0 bridgehead atoms. The van der Waals surface area contributed by atoms with Gasteiger partial charge >= 0.3 is 11.9 Å². The van der Waals surface area contributed by atoms with Crippen LogP contribution >= 0.6 is 0 Å². The van der Waals surface area contributed by atoms with Gasteiger partial charge in [0.05, 0.1) is 17.7 Å². The number of hydrogen-bond donors (Lipinski definition) is 0. The van der Waals surface area contributed by atoms with E-state index in [1.807, 2.05) is 0 Å². The van der Waals surface area contributed by atoms with E-state index in [1.165, 1.54) is 12.1 Å². The number of amides is 2. The summed E-state index contributed by atoms with van der Waals surface area (Å²) in [4.78, 5) is 54.5. The Bertz CT molecular complexity index is 685. The van der Waals surface area contributed by atoms with Gasteiger partial charge in [0, 0.05) is 0 Å². The highest BCUT2D eigenvalue weighted by molar-refractivity contribution is 6.21. The molecule has 1 heterocycles. The monoisotopic (exact) mass is 331 g/mol. The number of rotatable bonds is 4. The molecule has 2 amide bonds. The van der Waals surface area contributed by atoms with Crippen LogP contribution in [0.5, 0.6) is 0 Å². The van der Waals surface area contributed by atoms with E-state index in [1.54, 1.807) is 19.1 Å². The molecule has 0 spiro atoms. The summed E-state index contributed by atoms with van der Waals surface area (Å²) in [6, 6.07) is 6.21. The van der Waals surface area contributed by atoms with Crippen LogP contribution in [0.15, 0.2) is 24.3 Å². The molecule has 0 atom stereocenters. The van der Waals surface area contributed by atoms with Gasteiger partial charge in [-0.1, -0.05) is 30.0 Å². The minimum atomic E-state index is -1.44. The Morgan fingerprint density at radius 3 is 2.08 bits per heavy atom. The van der Waals surface area contributed by atoms with Gasteiger partial charge in [-0.15, -0.1) is 0 Å². The first-order valence-corrected chi connectivity index (χ1v) is 7.88. The molecule has 24 heavy (non-hydrogen) atoms. The summed E-state index contributed by atoms with van der Waals surface area (Å²) in [6.07, 6.45) is 1.92. The van der Waals surface area contributed by atoms with Gasteiger partial charge in [0.25, 0.3) is 11.8 Å². The number of benzene rings is 1. The molecule has 126 valence electrons. The predicted molar refractivity (Wildman–Crippen MR) is 80.6 cm³/mol. The standard InChI is InChI=1S/C17H17NO6/c1-2-23-15(21)17(9-5-6-10-17)16(22)24-18-13(19)11-7-3-4-8-12(11)14(18)20/h3-4,7-8H,2,5-6,9-10H2,1H3. The number of carbonyl (C=O) groups is 4. The third-order valence-corrected chi connectivity index (χ3v) is 4.45. The zero-order chi connectivity index (χ0) is 17.3. The van der Waals surface area contributed by atoms with Gasteiger partial charge in [0.1, 0.15) is 0 Å². The second kappa shape index (κ2) is 6.07. The van der Waals surface area contributed by atoms with Crippen molar-refractivity contribution in [2.75, 3.05) is 6.61 Å². The van der Waals surface area contributed by atoms with E-state index in [9.17, 15) is 19.2 Å². The number of nitrogens with zero attached hydrogens (tertiary/aromatic N) is 1. The van der Waals surface area contributed by atoms with Crippen molar-refractivity contribution < 1.29 is 28.8 Å². The molecule has 0 N–H and O–H groups in total. The zero-order valence-electron chi connectivity index (χ0n) is 13.2. The third kappa shape index (κ3) is 2.36. The predicted octanol–water partition coefficient (Wildman–Crippen LogP) is 1.86. The van der Waals surface area contributed by atoms with Crippen molar-refractivity contribution in [1.82, 2.24) is 5.06 Å². The van der Waals surface area contributed by atoms with E-state index in [-0.39, 0.29) is 30.6 Å². The maximum absolute atomic E-state index is 12.6. The van der Waals surface area contributed by atoms with E-state index in [2.05, 4.69) is 0 Å². The van der Waals surface area contributed by atoms with Crippen LogP contribution < -0.4 is 0 Å². The van der Waals surface area contributed by atoms with Crippen LogP contribution in [0.3, 0.4) is 0 Å². The Morgan fingerprint density at radius 2 is 1.58 bits per heavy atom. The lowest BCUT2D eigenvalue weighted by molar-refractivity contribution is -0.189. The van der Waals surface area contributed by atoms with Gasteiger partial charge in [0.15, 0.2) is 5.41 Å². The van der Waals surface area contributed by atoms with Crippen molar-refractivity contribution >= 4 is 23.8 Å². The first-order chi connectivity index (χ1) is 11.5. The van der Waals surface area contributed by atoms with Crippen LogP contribution in [-0.4, -0.2) is 35.4 Å². The average Bonchev–Trinajstić information content (AvgIpc) is 3.17. The summed E-state index contributed by atoms with van der Waals surface area (Å²) in [7, 11) is 0. The maximum atomic E-state index is 12.6. The molecule has 0 saturated heterocycles. The maximum Gasteiger partial charge on any atom is 0.350 e. The molecule has 0 aromatic heterocycles. The Labute approximate surface area is 138 Å². The van der Waals surface area contributed by atoms with E-state index >= 15 is 0 Å². The van der Waals surface area contributed by atoms with E-state index in [0.717, 1.165) is 0 Å². The van der Waals surface area contributed by atoms with Crippen LogP contribution in [0.25, 0.3) is 0 Å². The largest absolute Gasteiger partial charge is 0.465 e. The first-order valence-electron chi connectivity index (χ1n) is 7.88. The summed E-state index contributed by atoms with van der Waals surface area (Å²) in [6.45, 7) is 1.79. The highest BCUT2D eigenvalue weighted by atomic mass is 16.7. The number of hydrogen-bond acceptors (Lipinski definition) is 6. The lowest BCUT2D eigenvalue weighted by Gasteiger charge is -2.25. The van der Waals surface area contributed by atoms with Crippen molar-refractivity contribution in [2.45, 2.75) is 32.6 Å². The van der Waals surface area contributed by atoms with Crippen LogP contribution in [0.2, 0.25) is 0 Å². The number of ether oxygens (including phenoxy) is 1. The van der Waals surface area contributed by atoms with Crippen molar-refractivity contribution in [2.24, 2.45) is 5.41 Å². The fraction of sp³-hybridized carbons (Fsp3) is 0.412. The van der Waals surface area contributed by atoms with Crippen LogP contribution in [0.1, 0.15) is 53.3 Å². The van der Waals surface area contributed by atoms with Crippen molar-refractivity contribution in [3.8, 4) is 0 Å². The van der Waals surface area contributed by atoms with Gasteiger partial charge < -0.3 is 9.57 Å². The summed E-state index contributed by atoms with van der Waals surface area (Å²) in [5, 5.41) is 0.437. The Morgan fingerprint density at radius 1 is 1.04 bits per heavy atom. The van der Waals surface area contributed by atoms with Gasteiger partial charge in [-0.25, -0.2) is 4.79 Å². The van der Waals surface area contributed by atoms with E-state index in [4.69, 9.17) is 9.57 Å². The Hall–Kier alpha value is -2.70. The molecule has 1 saturated carbocycles. The van der Waals surface area contributed by atoms with Crippen molar-refractivity contribution in [3.63, 3.8) is 0 Å². The summed E-state index contributed by atoms with van der Waals surface area (Å²) < 4.78 is 5.00. The first kappa shape index (κ1) is 16.2. The van der Waals surface area contributed by atoms with E-state index in [0.29, 0.717) is 17.9 Å². The second-order valence-electron chi connectivity index (χ2n) is 5.84. The summed E-state index contributed by atoms with van der Waals surface area (Å²) >= 11 is 0. The molecular formula is C17H17NO6. The molecule has 1 fully saturated rings. The topological polar surface area (TPSA) is 90.0 Å². The molecule has 2 aliphatic rings. The minimum absolute atomic E-state index is 0.140. The number of esters is 1. The normalized spacial score (nSPS) is 18.5. The quantitative estimate of drug-likeness (QED) is 0.475. The van der Waals surface area contributed by atoms with Crippen molar-refractivity contribution in [1.29, 1.82) is 0 Å². The van der Waals surface area contributed by atoms with Gasteiger partial charge in [0.2, 0.25) is 0 Å². The zero-order valence-corrected chi connectivity index (χ0v) is 13.2. The Kier molecular flexibility index (Phi) is 4.09. The van der Waals surface area contributed by atoms with Gasteiger partial charge in [-0.05, 0) is 31.9 Å². The van der Waals surface area contributed by atoms with Crippen LogP contribution in [0.4, 0.5) is 0 Å². The van der Waals surface area contributed by atoms with Crippen LogP contribution in [0, 0.1) is 5.41 Å². The molecule has 1 aromatic carbocycles. The SMILES string of the molecule is CCOC(=O)C1(C(=O)ON2C(=O)c3ccccc3C2=O)CCCC1. The summed E-state index contributed by atoms with van der Waals surface area (Å²) in [5.41, 5.74) is -1.09. The van der Waals surface area contributed by atoms with Gasteiger partial charge in [-0.3, -0.25) is 14.4 Å². The van der Waals surface area contributed by atoms with Crippen LogP contribution in [-0.2, 0) is 19.2 Å². The summed E-state index contributed by atoms with van der Waals surface area (Å²) in [5.74, 6) is -2.99. The molecule has 0 unspecified atom stereocenters. The smallest absolute Gasteiger partial charge is 0.350 e. The number of hydroxylamine groups is 2. The third-order valence-electron chi connectivity index (χ3n) is 4.45. The molecule has 7 nitrogen and oxygen atoms in total. The molecule has 1 aliphatic carbocycles. The van der Waals surface area contributed by atoms with Crippen molar-refractivity contribution in [3.05, 3.63) is 35.4 Å². The number of imide groups is 1. The molecule has 7 heteroatoms. The fourth-order valence-corrected chi connectivity index (χ4v) is 3.16. The lowest BCUT2D eigenvalue weighted by Crippen LogP contribution is -2.44. The number of carbonyl (C=O) groups excluding carboxylic acids is 4. The van der Waals surface area contributed by atoms with Gasteiger partial charge in [-0.2, -0.15) is 0 Å². The molecule has 1 aliphatic heterocycles.